The van der Waals surface area contributed by atoms with Crippen LogP contribution in [0, 0.1) is 6.92 Å². The highest BCUT2D eigenvalue weighted by Crippen LogP contribution is 2.19. The summed E-state index contributed by atoms with van der Waals surface area (Å²) < 4.78 is 5.76. The second-order valence-corrected chi connectivity index (χ2v) is 7.87. The number of aryl methyl sites for hydroxylation is 2. The topological polar surface area (TPSA) is 67.4 Å². The molecule has 1 fully saturated rings. The van der Waals surface area contributed by atoms with Crippen LogP contribution >= 0.6 is 11.3 Å². The van der Waals surface area contributed by atoms with Crippen LogP contribution in [0.1, 0.15) is 37.1 Å². The van der Waals surface area contributed by atoms with E-state index in [4.69, 9.17) is 4.74 Å². The number of morpholine rings is 1. The molecule has 3 heterocycles. The summed E-state index contributed by atoms with van der Waals surface area (Å²) in [4.78, 5) is 23.2. The molecule has 0 aromatic carbocycles. The first kappa shape index (κ1) is 18.9. The lowest BCUT2D eigenvalue weighted by Gasteiger charge is -2.34. The number of rotatable bonds is 6. The highest BCUT2D eigenvalue weighted by molar-refractivity contribution is 7.13. The molecule has 0 aliphatic carbocycles. The van der Waals surface area contributed by atoms with Crippen LogP contribution in [-0.2, 0) is 22.5 Å². The van der Waals surface area contributed by atoms with Crippen LogP contribution in [0.3, 0.4) is 0 Å². The van der Waals surface area contributed by atoms with E-state index in [-0.39, 0.29) is 18.1 Å². The van der Waals surface area contributed by atoms with E-state index in [9.17, 15) is 4.79 Å². The summed E-state index contributed by atoms with van der Waals surface area (Å²) in [7, 11) is 0. The van der Waals surface area contributed by atoms with Crippen LogP contribution in [0.25, 0.3) is 0 Å². The third kappa shape index (κ3) is 5.59. The first-order valence-electron chi connectivity index (χ1n) is 9.00. The predicted octanol–water partition coefficient (Wildman–Crippen LogP) is 3.03. The normalized spacial score (nSPS) is 20.9. The van der Waals surface area contributed by atoms with Crippen molar-refractivity contribution < 1.29 is 9.53 Å². The third-order valence-electron chi connectivity index (χ3n) is 4.25. The maximum Gasteiger partial charge on any atom is 0.226 e. The first-order valence-corrected chi connectivity index (χ1v) is 9.88. The van der Waals surface area contributed by atoms with E-state index >= 15 is 0 Å². The van der Waals surface area contributed by atoms with Crippen molar-refractivity contribution in [3.8, 4) is 0 Å². The Balaban J connectivity index is 1.47. The smallest absolute Gasteiger partial charge is 0.226 e. The van der Waals surface area contributed by atoms with Gasteiger partial charge in [0.2, 0.25) is 5.91 Å². The Labute approximate surface area is 158 Å². The van der Waals surface area contributed by atoms with Gasteiger partial charge in [-0.25, -0.2) is 4.98 Å². The van der Waals surface area contributed by atoms with Crippen molar-refractivity contribution in [3.05, 3.63) is 40.7 Å². The Morgan fingerprint density at radius 1 is 1.35 bits per heavy atom. The van der Waals surface area contributed by atoms with E-state index in [0.717, 1.165) is 36.5 Å². The Kier molecular flexibility index (Phi) is 6.34. The number of pyridine rings is 1. The lowest BCUT2D eigenvalue weighted by molar-refractivity contribution is -0.116. The summed E-state index contributed by atoms with van der Waals surface area (Å²) in [6.45, 7) is 8.81. The van der Waals surface area contributed by atoms with Crippen LogP contribution in [0.5, 0.6) is 0 Å². The minimum Gasteiger partial charge on any atom is -0.373 e. The molecule has 0 saturated carbocycles. The molecule has 1 saturated heterocycles. The van der Waals surface area contributed by atoms with Gasteiger partial charge in [-0.05, 0) is 38.3 Å². The molecule has 2 unspecified atom stereocenters. The van der Waals surface area contributed by atoms with E-state index in [1.165, 1.54) is 11.3 Å². The molecule has 0 bridgehead atoms. The number of carbonyl (C=O) groups excluding carboxylic acids is 1. The van der Waals surface area contributed by atoms with Crippen molar-refractivity contribution in [2.45, 2.75) is 52.4 Å². The highest BCUT2D eigenvalue weighted by Gasteiger charge is 2.22. The van der Waals surface area contributed by atoms with Crippen LogP contribution in [0.4, 0.5) is 5.13 Å². The first-order chi connectivity index (χ1) is 12.5. The molecule has 1 N–H and O–H groups in total. The summed E-state index contributed by atoms with van der Waals surface area (Å²) in [6, 6.07) is 2.06. The van der Waals surface area contributed by atoms with Crippen molar-refractivity contribution in [2.75, 3.05) is 18.4 Å². The van der Waals surface area contributed by atoms with Crippen LogP contribution < -0.4 is 5.32 Å². The fraction of sp³-hybridized carbons (Fsp3) is 0.526. The predicted molar refractivity (Wildman–Crippen MR) is 103 cm³/mol. The van der Waals surface area contributed by atoms with Gasteiger partial charge in [-0.2, -0.15) is 0 Å². The highest BCUT2D eigenvalue weighted by atomic mass is 32.1. The molecule has 7 heteroatoms. The number of carbonyl (C=O) groups is 1. The molecule has 26 heavy (non-hydrogen) atoms. The number of aromatic nitrogens is 2. The van der Waals surface area contributed by atoms with Crippen molar-refractivity contribution in [1.82, 2.24) is 14.9 Å². The zero-order chi connectivity index (χ0) is 18.5. The average molecular weight is 375 g/mol. The Hall–Kier alpha value is -1.83. The fourth-order valence-corrected chi connectivity index (χ4v) is 3.99. The number of hydrogen-bond acceptors (Lipinski definition) is 6. The van der Waals surface area contributed by atoms with Crippen molar-refractivity contribution in [3.63, 3.8) is 0 Å². The number of ether oxygens (including phenoxy) is 1. The minimum absolute atomic E-state index is 0.0129. The summed E-state index contributed by atoms with van der Waals surface area (Å²) >= 11 is 1.48. The molecule has 140 valence electrons. The lowest BCUT2D eigenvalue weighted by Crippen LogP contribution is -2.44. The van der Waals surface area contributed by atoms with Crippen LogP contribution in [-0.4, -0.2) is 46.1 Å². The molecule has 1 amide bonds. The summed E-state index contributed by atoms with van der Waals surface area (Å²) in [5, 5.41) is 5.59. The van der Waals surface area contributed by atoms with Gasteiger partial charge in [0.25, 0.3) is 0 Å². The number of hydrogen-bond donors (Lipinski definition) is 1. The van der Waals surface area contributed by atoms with Crippen molar-refractivity contribution in [1.29, 1.82) is 0 Å². The monoisotopic (exact) mass is 374 g/mol. The van der Waals surface area contributed by atoms with Gasteiger partial charge >= 0.3 is 0 Å². The molecular formula is C19H26N4O2S. The van der Waals surface area contributed by atoms with E-state index in [1.807, 2.05) is 24.7 Å². The summed E-state index contributed by atoms with van der Waals surface area (Å²) in [5.41, 5.74) is 3.18. The number of amides is 1. The molecule has 2 aromatic rings. The third-order valence-corrected chi connectivity index (χ3v) is 5.06. The SMILES string of the molecule is Cc1cncc(CCC(=O)Nc2nc(CN3CC(C)OC(C)C3)cs2)c1. The summed E-state index contributed by atoms with van der Waals surface area (Å²) in [5.74, 6) is -0.0129. The van der Waals surface area contributed by atoms with Crippen LogP contribution in [0.15, 0.2) is 23.8 Å². The van der Waals surface area contributed by atoms with Gasteiger partial charge in [-0.3, -0.25) is 14.7 Å². The van der Waals surface area contributed by atoms with Gasteiger partial charge in [0.1, 0.15) is 0 Å². The van der Waals surface area contributed by atoms with Crippen molar-refractivity contribution in [2.24, 2.45) is 0 Å². The zero-order valence-corrected chi connectivity index (χ0v) is 16.4. The molecule has 1 aliphatic heterocycles. The Bertz CT molecular complexity index is 739. The van der Waals surface area contributed by atoms with E-state index in [0.29, 0.717) is 18.0 Å². The number of anilines is 1. The number of nitrogens with zero attached hydrogens (tertiary/aromatic N) is 3. The maximum absolute atomic E-state index is 12.2. The van der Waals surface area contributed by atoms with Crippen LogP contribution in [0.2, 0.25) is 0 Å². The molecule has 3 rings (SSSR count). The molecule has 1 aliphatic rings. The largest absolute Gasteiger partial charge is 0.373 e. The zero-order valence-electron chi connectivity index (χ0n) is 15.6. The van der Waals surface area contributed by atoms with E-state index in [2.05, 4.69) is 40.1 Å². The van der Waals surface area contributed by atoms with Gasteiger partial charge in [-0.1, -0.05) is 6.07 Å². The second-order valence-electron chi connectivity index (χ2n) is 7.01. The average Bonchev–Trinajstić information content (AvgIpc) is 2.99. The molecule has 2 aromatic heterocycles. The second kappa shape index (κ2) is 8.70. The van der Waals surface area contributed by atoms with Gasteiger partial charge in [0.15, 0.2) is 5.13 Å². The molecule has 2 atom stereocenters. The molecule has 0 spiro atoms. The van der Waals surface area contributed by atoms with Crippen molar-refractivity contribution >= 4 is 22.4 Å². The lowest BCUT2D eigenvalue weighted by atomic mass is 10.1. The summed E-state index contributed by atoms with van der Waals surface area (Å²) in [6.07, 6.45) is 5.23. The maximum atomic E-state index is 12.2. The van der Waals surface area contributed by atoms with Gasteiger partial charge in [-0.15, -0.1) is 11.3 Å². The Morgan fingerprint density at radius 2 is 2.12 bits per heavy atom. The van der Waals surface area contributed by atoms with Gasteiger partial charge < -0.3 is 10.1 Å². The Morgan fingerprint density at radius 3 is 2.85 bits per heavy atom. The quantitative estimate of drug-likeness (QED) is 0.842. The standard InChI is InChI=1S/C19H26N4O2S/c1-13-6-16(8-20-7-13)4-5-18(24)22-19-21-17(12-26-19)11-23-9-14(2)25-15(3)10-23/h6-8,12,14-15H,4-5,9-11H2,1-3H3,(H,21,22,24). The fourth-order valence-electron chi connectivity index (χ4n) is 3.27. The van der Waals surface area contributed by atoms with Gasteiger partial charge in [0, 0.05) is 43.8 Å². The number of thiazole rings is 1. The molecular weight excluding hydrogens is 348 g/mol. The van der Waals surface area contributed by atoms with Gasteiger partial charge in [0.05, 0.1) is 17.9 Å². The minimum atomic E-state index is -0.0129. The molecule has 6 nitrogen and oxygen atoms in total. The van der Waals surface area contributed by atoms with E-state index in [1.54, 1.807) is 0 Å². The number of nitrogens with one attached hydrogen (secondary N) is 1. The molecule has 0 radical (unpaired) electrons. The van der Waals surface area contributed by atoms with E-state index < -0.39 is 0 Å².